The summed E-state index contributed by atoms with van der Waals surface area (Å²) in [6.07, 6.45) is 4.86. The number of benzene rings is 1. The lowest BCUT2D eigenvalue weighted by atomic mass is 10.1. The minimum Gasteiger partial charge on any atom is -0.350 e. The van der Waals surface area contributed by atoms with Gasteiger partial charge in [0.15, 0.2) is 5.69 Å². The lowest BCUT2D eigenvalue weighted by molar-refractivity contribution is 0.0943. The second-order valence-corrected chi connectivity index (χ2v) is 5.31. The number of amides is 1. The van der Waals surface area contributed by atoms with Gasteiger partial charge in [0, 0.05) is 11.9 Å². The first kappa shape index (κ1) is 12.8. The maximum Gasteiger partial charge on any atom is 0.272 e. The van der Waals surface area contributed by atoms with Crippen molar-refractivity contribution >= 4 is 16.7 Å². The highest BCUT2D eigenvalue weighted by Crippen LogP contribution is 2.23. The normalized spacial score (nSPS) is 15.6. The Balaban J connectivity index is 1.84. The third kappa shape index (κ3) is 2.43. The molecule has 1 aliphatic carbocycles. The van der Waals surface area contributed by atoms with Crippen LogP contribution < -0.4 is 10.9 Å². The summed E-state index contributed by atoms with van der Waals surface area (Å²) in [5.74, 6) is 0.359. The molecule has 1 aromatic carbocycles. The van der Waals surface area contributed by atoms with E-state index in [-0.39, 0.29) is 17.2 Å². The van der Waals surface area contributed by atoms with Gasteiger partial charge in [-0.2, -0.15) is 5.10 Å². The Labute approximate surface area is 116 Å². The summed E-state index contributed by atoms with van der Waals surface area (Å²) >= 11 is 0. The minimum atomic E-state index is -0.270. The number of nitrogens with one attached hydrogen (secondary N) is 2. The number of hydrogen-bond donors (Lipinski definition) is 2. The molecule has 1 saturated carbocycles. The first-order valence-electron chi connectivity index (χ1n) is 7.01. The van der Waals surface area contributed by atoms with Gasteiger partial charge in [0.05, 0.1) is 5.39 Å². The molecule has 0 saturated heterocycles. The number of fused-ring (bicyclic) bond motifs is 1. The van der Waals surface area contributed by atoms with Gasteiger partial charge in [-0.1, -0.05) is 31.0 Å². The van der Waals surface area contributed by atoms with Crippen LogP contribution >= 0.6 is 0 Å². The summed E-state index contributed by atoms with van der Waals surface area (Å²) in [6, 6.07) is 7.03. The molecule has 5 heteroatoms. The first-order chi connectivity index (χ1) is 9.75. The largest absolute Gasteiger partial charge is 0.350 e. The SMILES string of the molecule is O=C(NCC1CCCC1)c1n[nH]c(=O)c2ccccc12. The molecule has 0 spiro atoms. The molecule has 1 aromatic heterocycles. The number of aromatic amines is 1. The van der Waals surface area contributed by atoms with Crippen LogP contribution in [0.3, 0.4) is 0 Å². The predicted molar refractivity (Wildman–Crippen MR) is 76.7 cm³/mol. The predicted octanol–water partition coefficient (Wildman–Crippen LogP) is 1.84. The first-order valence-corrected chi connectivity index (χ1v) is 7.01. The number of carbonyl (C=O) groups is 1. The molecular weight excluding hydrogens is 254 g/mol. The standard InChI is InChI=1S/C15H17N3O2/c19-14-12-8-4-3-7-11(12)13(17-18-14)15(20)16-9-10-5-1-2-6-10/h3-4,7-8,10H,1-2,5-6,9H2,(H,16,20)(H,18,19). The number of hydrogen-bond acceptors (Lipinski definition) is 3. The van der Waals surface area contributed by atoms with Crippen LogP contribution in [-0.4, -0.2) is 22.6 Å². The highest BCUT2D eigenvalue weighted by atomic mass is 16.2. The van der Waals surface area contributed by atoms with Crippen molar-refractivity contribution < 1.29 is 4.79 Å². The van der Waals surface area contributed by atoms with Crippen molar-refractivity contribution in [3.8, 4) is 0 Å². The highest BCUT2D eigenvalue weighted by Gasteiger charge is 2.18. The smallest absolute Gasteiger partial charge is 0.272 e. The van der Waals surface area contributed by atoms with Crippen LogP contribution in [0, 0.1) is 5.92 Å². The topological polar surface area (TPSA) is 74.8 Å². The van der Waals surface area contributed by atoms with Crippen molar-refractivity contribution in [2.24, 2.45) is 5.92 Å². The highest BCUT2D eigenvalue weighted by molar-refractivity contribution is 6.04. The van der Waals surface area contributed by atoms with Crippen molar-refractivity contribution in [2.75, 3.05) is 6.54 Å². The zero-order valence-electron chi connectivity index (χ0n) is 11.2. The Kier molecular flexibility index (Phi) is 3.50. The Bertz CT molecular complexity index is 687. The van der Waals surface area contributed by atoms with E-state index in [0.717, 1.165) is 0 Å². The fourth-order valence-corrected chi connectivity index (χ4v) is 2.82. The third-order valence-electron chi connectivity index (χ3n) is 3.94. The fourth-order valence-electron chi connectivity index (χ4n) is 2.82. The summed E-state index contributed by atoms with van der Waals surface area (Å²) in [7, 11) is 0. The van der Waals surface area contributed by atoms with Crippen LogP contribution in [0.1, 0.15) is 36.2 Å². The molecule has 0 atom stereocenters. The van der Waals surface area contributed by atoms with Gasteiger partial charge >= 0.3 is 0 Å². The van der Waals surface area contributed by atoms with Crippen LogP contribution in [-0.2, 0) is 0 Å². The lowest BCUT2D eigenvalue weighted by Gasteiger charge is -2.10. The van der Waals surface area contributed by atoms with E-state index in [1.54, 1.807) is 24.3 Å². The van der Waals surface area contributed by atoms with Crippen LogP contribution in [0.15, 0.2) is 29.1 Å². The van der Waals surface area contributed by atoms with Gasteiger partial charge in [0.25, 0.3) is 11.5 Å². The van der Waals surface area contributed by atoms with Crippen molar-refractivity contribution in [3.05, 3.63) is 40.3 Å². The van der Waals surface area contributed by atoms with Gasteiger partial charge in [-0.05, 0) is 24.8 Å². The average Bonchev–Trinajstić information content (AvgIpc) is 2.99. The molecule has 20 heavy (non-hydrogen) atoms. The quantitative estimate of drug-likeness (QED) is 0.894. The molecule has 1 fully saturated rings. The van der Waals surface area contributed by atoms with Gasteiger partial charge in [-0.25, -0.2) is 5.10 Å². The van der Waals surface area contributed by atoms with E-state index in [1.807, 2.05) is 0 Å². The monoisotopic (exact) mass is 271 g/mol. The van der Waals surface area contributed by atoms with Crippen molar-refractivity contribution in [1.82, 2.24) is 15.5 Å². The molecule has 1 amide bonds. The Morgan fingerprint density at radius 3 is 2.70 bits per heavy atom. The molecule has 0 bridgehead atoms. The number of H-pyrrole nitrogens is 1. The Morgan fingerprint density at radius 1 is 1.25 bits per heavy atom. The van der Waals surface area contributed by atoms with Gasteiger partial charge in [0.2, 0.25) is 0 Å². The third-order valence-corrected chi connectivity index (χ3v) is 3.94. The molecule has 104 valence electrons. The molecule has 2 N–H and O–H groups in total. The van der Waals surface area contributed by atoms with E-state index < -0.39 is 0 Å². The summed E-state index contributed by atoms with van der Waals surface area (Å²) in [6.45, 7) is 0.688. The summed E-state index contributed by atoms with van der Waals surface area (Å²) in [5, 5.41) is 10.3. The van der Waals surface area contributed by atoms with Crippen molar-refractivity contribution in [1.29, 1.82) is 0 Å². The molecule has 0 unspecified atom stereocenters. The Hall–Kier alpha value is -2.17. The second-order valence-electron chi connectivity index (χ2n) is 5.31. The van der Waals surface area contributed by atoms with E-state index in [9.17, 15) is 9.59 Å². The van der Waals surface area contributed by atoms with Crippen LogP contribution in [0.25, 0.3) is 10.8 Å². The molecule has 2 aromatic rings. The van der Waals surface area contributed by atoms with Crippen molar-refractivity contribution in [2.45, 2.75) is 25.7 Å². The van der Waals surface area contributed by atoms with Crippen LogP contribution in [0.5, 0.6) is 0 Å². The van der Waals surface area contributed by atoms with Gasteiger partial charge < -0.3 is 5.32 Å². The summed E-state index contributed by atoms with van der Waals surface area (Å²) in [5.41, 5.74) is 0.0196. The lowest BCUT2D eigenvalue weighted by Crippen LogP contribution is -2.30. The van der Waals surface area contributed by atoms with Crippen molar-refractivity contribution in [3.63, 3.8) is 0 Å². The van der Waals surface area contributed by atoms with E-state index in [1.165, 1.54) is 25.7 Å². The van der Waals surface area contributed by atoms with E-state index >= 15 is 0 Å². The molecular formula is C15H17N3O2. The number of rotatable bonds is 3. The van der Waals surface area contributed by atoms with Gasteiger partial charge in [-0.15, -0.1) is 0 Å². The number of aromatic nitrogens is 2. The van der Waals surface area contributed by atoms with Crippen LogP contribution in [0.4, 0.5) is 0 Å². The summed E-state index contributed by atoms with van der Waals surface area (Å²) < 4.78 is 0. The fraction of sp³-hybridized carbons (Fsp3) is 0.400. The van der Waals surface area contributed by atoms with E-state index in [0.29, 0.717) is 23.2 Å². The minimum absolute atomic E-state index is 0.218. The zero-order valence-corrected chi connectivity index (χ0v) is 11.2. The molecule has 0 radical (unpaired) electrons. The zero-order chi connectivity index (χ0) is 13.9. The maximum atomic E-state index is 12.2. The summed E-state index contributed by atoms with van der Waals surface area (Å²) in [4.78, 5) is 23.9. The molecule has 1 aliphatic rings. The van der Waals surface area contributed by atoms with E-state index in [4.69, 9.17) is 0 Å². The van der Waals surface area contributed by atoms with E-state index in [2.05, 4.69) is 15.5 Å². The second kappa shape index (κ2) is 5.45. The molecule has 1 heterocycles. The molecule has 3 rings (SSSR count). The average molecular weight is 271 g/mol. The number of nitrogens with zero attached hydrogens (tertiary/aromatic N) is 1. The Morgan fingerprint density at radius 2 is 1.95 bits per heavy atom. The number of carbonyl (C=O) groups excluding carboxylic acids is 1. The van der Waals surface area contributed by atoms with Crippen LogP contribution in [0.2, 0.25) is 0 Å². The maximum absolute atomic E-state index is 12.2. The van der Waals surface area contributed by atoms with Gasteiger partial charge in [-0.3, -0.25) is 9.59 Å². The molecule has 0 aliphatic heterocycles. The van der Waals surface area contributed by atoms with Gasteiger partial charge in [0.1, 0.15) is 0 Å². The molecule has 5 nitrogen and oxygen atoms in total.